The van der Waals surface area contributed by atoms with E-state index >= 15 is 0 Å². The molecule has 1 amide bonds. The molecule has 0 bridgehead atoms. The molecule has 0 spiro atoms. The van der Waals surface area contributed by atoms with Crippen molar-refractivity contribution in [3.8, 4) is 5.75 Å². The summed E-state index contributed by atoms with van der Waals surface area (Å²) in [5.41, 5.74) is 1.13. The summed E-state index contributed by atoms with van der Waals surface area (Å²) in [5.74, 6) is 0.965. The molecule has 0 aliphatic heterocycles. The lowest BCUT2D eigenvalue weighted by Crippen LogP contribution is -2.15. The number of para-hydroxylation sites is 2. The summed E-state index contributed by atoms with van der Waals surface area (Å²) >= 11 is 0. The van der Waals surface area contributed by atoms with Crippen molar-refractivity contribution < 1.29 is 9.53 Å². The van der Waals surface area contributed by atoms with Crippen LogP contribution in [0.4, 0.5) is 11.5 Å². The third-order valence-corrected chi connectivity index (χ3v) is 2.72. The number of hydrogen-bond donors (Lipinski definition) is 2. The number of carbonyl (C=O) groups is 1. The minimum Gasteiger partial charge on any atom is -0.492 e. The van der Waals surface area contributed by atoms with Gasteiger partial charge in [-0.15, -0.1) is 0 Å². The Balaban J connectivity index is 2.24. The monoisotopic (exact) mass is 271 g/mol. The standard InChI is InChI=1S/C15H17N3O2/c1-3-20-13-9-5-4-8-12(13)18-15(19)11-7-6-10-17-14(11)16-2/h4-10H,3H2,1-2H3,(H,16,17)(H,18,19). The van der Waals surface area contributed by atoms with Gasteiger partial charge in [-0.05, 0) is 31.2 Å². The third-order valence-electron chi connectivity index (χ3n) is 2.72. The molecule has 0 aliphatic rings. The predicted octanol–water partition coefficient (Wildman–Crippen LogP) is 2.77. The maximum absolute atomic E-state index is 12.3. The molecule has 1 heterocycles. The second-order valence-electron chi connectivity index (χ2n) is 4.03. The molecule has 1 aromatic heterocycles. The van der Waals surface area contributed by atoms with Crippen LogP contribution in [0, 0.1) is 0 Å². The van der Waals surface area contributed by atoms with E-state index in [4.69, 9.17) is 4.74 Å². The van der Waals surface area contributed by atoms with E-state index in [1.54, 1.807) is 31.4 Å². The molecule has 2 rings (SSSR count). The fourth-order valence-corrected chi connectivity index (χ4v) is 1.83. The van der Waals surface area contributed by atoms with Crippen LogP contribution in [0.15, 0.2) is 42.6 Å². The summed E-state index contributed by atoms with van der Waals surface area (Å²) in [5, 5.41) is 5.74. The zero-order valence-electron chi connectivity index (χ0n) is 11.5. The van der Waals surface area contributed by atoms with Gasteiger partial charge in [0.1, 0.15) is 11.6 Å². The van der Waals surface area contributed by atoms with Gasteiger partial charge in [0, 0.05) is 13.2 Å². The topological polar surface area (TPSA) is 63.2 Å². The van der Waals surface area contributed by atoms with Crippen molar-refractivity contribution in [1.82, 2.24) is 4.98 Å². The molecule has 0 fully saturated rings. The van der Waals surface area contributed by atoms with Crippen LogP contribution in [-0.2, 0) is 0 Å². The van der Waals surface area contributed by atoms with Crippen molar-refractivity contribution in [2.24, 2.45) is 0 Å². The smallest absolute Gasteiger partial charge is 0.259 e. The number of anilines is 2. The largest absolute Gasteiger partial charge is 0.492 e. The molecule has 0 unspecified atom stereocenters. The Bertz CT molecular complexity index is 599. The highest BCUT2D eigenvalue weighted by Crippen LogP contribution is 2.24. The minimum atomic E-state index is -0.227. The van der Waals surface area contributed by atoms with E-state index in [-0.39, 0.29) is 5.91 Å². The van der Waals surface area contributed by atoms with Gasteiger partial charge in [-0.1, -0.05) is 12.1 Å². The van der Waals surface area contributed by atoms with Gasteiger partial charge in [-0.2, -0.15) is 0 Å². The first-order valence-electron chi connectivity index (χ1n) is 6.42. The van der Waals surface area contributed by atoms with E-state index < -0.39 is 0 Å². The van der Waals surface area contributed by atoms with Crippen molar-refractivity contribution in [1.29, 1.82) is 0 Å². The lowest BCUT2D eigenvalue weighted by atomic mass is 10.2. The van der Waals surface area contributed by atoms with Crippen LogP contribution in [-0.4, -0.2) is 24.5 Å². The van der Waals surface area contributed by atoms with Crippen LogP contribution in [0.5, 0.6) is 5.75 Å². The highest BCUT2D eigenvalue weighted by molar-refractivity contribution is 6.08. The van der Waals surface area contributed by atoms with Gasteiger partial charge in [0.25, 0.3) is 5.91 Å². The molecule has 20 heavy (non-hydrogen) atoms. The molecule has 0 radical (unpaired) electrons. The van der Waals surface area contributed by atoms with Crippen molar-refractivity contribution in [2.45, 2.75) is 6.92 Å². The molecular formula is C15H17N3O2. The minimum absolute atomic E-state index is 0.227. The van der Waals surface area contributed by atoms with E-state index in [1.165, 1.54) is 0 Å². The number of hydrogen-bond acceptors (Lipinski definition) is 4. The first-order chi connectivity index (χ1) is 9.76. The summed E-state index contributed by atoms with van der Waals surface area (Å²) in [6.07, 6.45) is 1.64. The molecule has 104 valence electrons. The molecule has 0 aliphatic carbocycles. The number of ether oxygens (including phenoxy) is 1. The molecule has 5 heteroatoms. The molecule has 0 atom stereocenters. The first-order valence-corrected chi connectivity index (χ1v) is 6.42. The van der Waals surface area contributed by atoms with Crippen LogP contribution < -0.4 is 15.4 Å². The number of nitrogens with one attached hydrogen (secondary N) is 2. The van der Waals surface area contributed by atoms with Crippen LogP contribution in [0.25, 0.3) is 0 Å². The van der Waals surface area contributed by atoms with Crippen molar-refractivity contribution in [3.63, 3.8) is 0 Å². The quantitative estimate of drug-likeness (QED) is 0.877. The number of carbonyl (C=O) groups excluding carboxylic acids is 1. The number of aromatic nitrogens is 1. The lowest BCUT2D eigenvalue weighted by molar-refractivity contribution is 0.102. The molecule has 1 aromatic carbocycles. The summed E-state index contributed by atoms with van der Waals surface area (Å²) in [6, 6.07) is 10.8. The Morgan fingerprint density at radius 1 is 1.25 bits per heavy atom. The van der Waals surface area contributed by atoms with E-state index in [2.05, 4.69) is 15.6 Å². The Labute approximate surface area is 118 Å². The van der Waals surface area contributed by atoms with Crippen LogP contribution in [0.2, 0.25) is 0 Å². The van der Waals surface area contributed by atoms with Crippen molar-refractivity contribution in [3.05, 3.63) is 48.2 Å². The first kappa shape index (κ1) is 13.9. The molecule has 0 saturated heterocycles. The summed E-state index contributed by atoms with van der Waals surface area (Å²) in [7, 11) is 1.73. The number of amides is 1. The Morgan fingerprint density at radius 2 is 2.05 bits per heavy atom. The fourth-order valence-electron chi connectivity index (χ4n) is 1.83. The summed E-state index contributed by atoms with van der Waals surface area (Å²) < 4.78 is 5.48. The van der Waals surface area contributed by atoms with E-state index in [9.17, 15) is 4.79 Å². The predicted molar refractivity (Wildman–Crippen MR) is 79.3 cm³/mol. The zero-order chi connectivity index (χ0) is 14.4. The van der Waals surface area contributed by atoms with Gasteiger partial charge in [-0.25, -0.2) is 4.98 Å². The van der Waals surface area contributed by atoms with Crippen molar-refractivity contribution in [2.75, 3.05) is 24.3 Å². The highest BCUT2D eigenvalue weighted by atomic mass is 16.5. The second-order valence-corrected chi connectivity index (χ2v) is 4.03. The average Bonchev–Trinajstić information content (AvgIpc) is 2.49. The van der Waals surface area contributed by atoms with E-state index in [1.807, 2.05) is 25.1 Å². The lowest BCUT2D eigenvalue weighted by Gasteiger charge is -2.12. The number of rotatable bonds is 5. The molecule has 2 N–H and O–H groups in total. The SMILES string of the molecule is CCOc1ccccc1NC(=O)c1cccnc1NC. The second kappa shape index (κ2) is 6.56. The number of pyridine rings is 1. The van der Waals surface area contributed by atoms with Gasteiger partial charge in [0.2, 0.25) is 0 Å². The Kier molecular flexibility index (Phi) is 4.55. The number of benzene rings is 1. The van der Waals surface area contributed by atoms with Crippen LogP contribution in [0.3, 0.4) is 0 Å². The van der Waals surface area contributed by atoms with Crippen LogP contribution in [0.1, 0.15) is 17.3 Å². The maximum atomic E-state index is 12.3. The van der Waals surface area contributed by atoms with E-state index in [0.717, 1.165) is 0 Å². The fraction of sp³-hybridized carbons (Fsp3) is 0.200. The van der Waals surface area contributed by atoms with E-state index in [0.29, 0.717) is 29.4 Å². The van der Waals surface area contributed by atoms with Gasteiger partial charge in [0.15, 0.2) is 0 Å². The maximum Gasteiger partial charge on any atom is 0.259 e. The Hall–Kier alpha value is -2.56. The third kappa shape index (κ3) is 3.06. The normalized spacial score (nSPS) is 9.90. The number of nitrogens with zero attached hydrogens (tertiary/aromatic N) is 1. The molecule has 2 aromatic rings. The molecule has 5 nitrogen and oxygen atoms in total. The van der Waals surface area contributed by atoms with Gasteiger partial charge < -0.3 is 15.4 Å². The van der Waals surface area contributed by atoms with Gasteiger partial charge in [0.05, 0.1) is 17.9 Å². The Morgan fingerprint density at radius 3 is 2.80 bits per heavy atom. The van der Waals surface area contributed by atoms with Crippen molar-refractivity contribution >= 4 is 17.4 Å². The zero-order valence-corrected chi connectivity index (χ0v) is 11.5. The highest BCUT2D eigenvalue weighted by Gasteiger charge is 2.13. The van der Waals surface area contributed by atoms with Gasteiger partial charge >= 0.3 is 0 Å². The summed E-state index contributed by atoms with van der Waals surface area (Å²) in [6.45, 7) is 2.44. The summed E-state index contributed by atoms with van der Waals surface area (Å²) in [4.78, 5) is 16.4. The molecule has 0 saturated carbocycles. The molecular weight excluding hydrogens is 254 g/mol. The van der Waals surface area contributed by atoms with Gasteiger partial charge in [-0.3, -0.25) is 4.79 Å². The average molecular weight is 271 g/mol. The van der Waals surface area contributed by atoms with Crippen LogP contribution >= 0.6 is 0 Å².